The number of allylic oxidation sites excluding steroid dienone is 1. The van der Waals surface area contributed by atoms with E-state index in [1.807, 2.05) is 24.7 Å². The van der Waals surface area contributed by atoms with Crippen LogP contribution in [-0.2, 0) is 0 Å². The van der Waals surface area contributed by atoms with Gasteiger partial charge in [-0.25, -0.2) is 0 Å². The van der Waals surface area contributed by atoms with Crippen LogP contribution in [0.25, 0.3) is 11.6 Å². The monoisotopic (exact) mass is 232 g/mol. The van der Waals surface area contributed by atoms with Crippen LogP contribution in [0.5, 0.6) is 0 Å². The molecule has 0 aliphatic carbocycles. The second-order valence-electron chi connectivity index (χ2n) is 3.14. The fourth-order valence-corrected chi connectivity index (χ4v) is 3.23. The van der Waals surface area contributed by atoms with Gasteiger partial charge in [-0.2, -0.15) is 0 Å². The molecule has 4 heteroatoms. The fourth-order valence-electron chi connectivity index (χ4n) is 1.52. The summed E-state index contributed by atoms with van der Waals surface area (Å²) in [5, 5.41) is 2.09. The quantitative estimate of drug-likeness (QED) is 0.700. The number of rotatable bonds is 1. The van der Waals surface area contributed by atoms with E-state index < -0.39 is 0 Å². The SMILES string of the molecule is C1=CC(=Cc2nccn3cccc23)SS1. The van der Waals surface area contributed by atoms with Gasteiger partial charge in [-0.3, -0.25) is 4.98 Å². The lowest BCUT2D eigenvalue weighted by atomic mass is 10.3. The average molecular weight is 232 g/mol. The van der Waals surface area contributed by atoms with Crippen molar-refractivity contribution in [3.8, 4) is 0 Å². The molecule has 0 saturated carbocycles. The van der Waals surface area contributed by atoms with Crippen molar-refractivity contribution >= 4 is 33.2 Å². The van der Waals surface area contributed by atoms with Gasteiger partial charge in [0, 0.05) is 23.5 Å². The molecule has 1 aliphatic heterocycles. The summed E-state index contributed by atoms with van der Waals surface area (Å²) in [5.74, 6) is 0. The van der Waals surface area contributed by atoms with Gasteiger partial charge in [0.1, 0.15) is 0 Å². The molecular formula is C11H8N2S2. The number of hydrogen-bond acceptors (Lipinski definition) is 3. The Morgan fingerprint density at radius 2 is 2.33 bits per heavy atom. The standard InChI is InChI=1S/C11H8N2S2/c1-2-11-10(8-9-3-7-14-15-9)12-4-6-13(11)5-1/h1-8H. The molecule has 0 radical (unpaired) electrons. The lowest BCUT2D eigenvalue weighted by Gasteiger charge is -1.99. The lowest BCUT2D eigenvalue weighted by Crippen LogP contribution is -1.88. The Hall–Kier alpha value is -1.13. The molecule has 0 bridgehead atoms. The first-order valence-corrected chi connectivity index (χ1v) is 6.78. The largest absolute Gasteiger partial charge is 0.320 e. The molecule has 0 fully saturated rings. The Labute approximate surface area is 95.5 Å². The molecule has 0 amide bonds. The fraction of sp³-hybridized carbons (Fsp3) is 0. The number of fused-ring (bicyclic) bond motifs is 1. The van der Waals surface area contributed by atoms with Crippen LogP contribution in [-0.4, -0.2) is 9.38 Å². The van der Waals surface area contributed by atoms with Crippen LogP contribution in [0.1, 0.15) is 5.69 Å². The summed E-state index contributed by atoms with van der Waals surface area (Å²) in [6.07, 6.45) is 10.1. The first-order valence-electron chi connectivity index (χ1n) is 4.57. The highest BCUT2D eigenvalue weighted by Gasteiger charge is 2.04. The molecule has 0 atom stereocenters. The van der Waals surface area contributed by atoms with Gasteiger partial charge in [0.15, 0.2) is 0 Å². The highest BCUT2D eigenvalue weighted by atomic mass is 33.1. The second kappa shape index (κ2) is 3.79. The van der Waals surface area contributed by atoms with Crippen molar-refractivity contribution in [3.05, 3.63) is 52.8 Å². The molecule has 3 rings (SSSR count). The maximum Gasteiger partial charge on any atom is 0.0881 e. The third kappa shape index (κ3) is 1.70. The van der Waals surface area contributed by atoms with Crippen LogP contribution >= 0.6 is 21.6 Å². The molecule has 0 saturated heterocycles. The summed E-state index contributed by atoms with van der Waals surface area (Å²) >= 11 is 0. The van der Waals surface area contributed by atoms with E-state index in [9.17, 15) is 0 Å². The minimum atomic E-state index is 1.03. The van der Waals surface area contributed by atoms with Gasteiger partial charge in [-0.15, -0.1) is 0 Å². The van der Waals surface area contributed by atoms with Crippen LogP contribution in [0.2, 0.25) is 0 Å². The average Bonchev–Trinajstić information content (AvgIpc) is 2.87. The van der Waals surface area contributed by atoms with Crippen molar-refractivity contribution in [2.75, 3.05) is 0 Å². The molecule has 1 aliphatic rings. The van der Waals surface area contributed by atoms with E-state index in [1.54, 1.807) is 21.6 Å². The van der Waals surface area contributed by atoms with Crippen LogP contribution in [0.15, 0.2) is 47.1 Å². The molecule has 2 aromatic heterocycles. The minimum Gasteiger partial charge on any atom is -0.320 e. The summed E-state index contributed by atoms with van der Waals surface area (Å²) in [6.45, 7) is 0. The van der Waals surface area contributed by atoms with E-state index >= 15 is 0 Å². The van der Waals surface area contributed by atoms with Gasteiger partial charge in [-0.1, -0.05) is 21.6 Å². The normalized spacial score (nSPS) is 18.0. The first kappa shape index (κ1) is 9.12. The van der Waals surface area contributed by atoms with Crippen LogP contribution in [0.3, 0.4) is 0 Å². The van der Waals surface area contributed by atoms with E-state index in [-0.39, 0.29) is 0 Å². The first-order chi connectivity index (χ1) is 7.43. The highest BCUT2D eigenvalue weighted by molar-refractivity contribution is 8.79. The summed E-state index contributed by atoms with van der Waals surface area (Å²) in [7, 11) is 3.51. The Kier molecular flexibility index (Phi) is 2.31. The zero-order valence-corrected chi connectivity index (χ0v) is 9.46. The maximum atomic E-state index is 4.39. The summed E-state index contributed by atoms with van der Waals surface area (Å²) in [5.41, 5.74) is 2.17. The van der Waals surface area contributed by atoms with Gasteiger partial charge < -0.3 is 4.40 Å². The van der Waals surface area contributed by atoms with E-state index in [1.165, 1.54) is 4.91 Å². The topological polar surface area (TPSA) is 17.3 Å². The molecule has 0 unspecified atom stereocenters. The van der Waals surface area contributed by atoms with Crippen LogP contribution in [0, 0.1) is 0 Å². The van der Waals surface area contributed by atoms with Gasteiger partial charge in [0.05, 0.1) is 11.2 Å². The van der Waals surface area contributed by atoms with Crippen molar-refractivity contribution in [2.24, 2.45) is 0 Å². The molecule has 74 valence electrons. The predicted molar refractivity (Wildman–Crippen MR) is 67.5 cm³/mol. The Morgan fingerprint density at radius 1 is 1.33 bits per heavy atom. The zero-order chi connectivity index (χ0) is 10.1. The molecule has 3 heterocycles. The highest BCUT2D eigenvalue weighted by Crippen LogP contribution is 2.39. The molecular weight excluding hydrogens is 224 g/mol. The Balaban J connectivity index is 2.14. The summed E-state index contributed by atoms with van der Waals surface area (Å²) in [6, 6.07) is 4.11. The lowest BCUT2D eigenvalue weighted by molar-refractivity contribution is 1.13. The number of hydrogen-bond donors (Lipinski definition) is 0. The molecule has 0 spiro atoms. The third-order valence-electron chi connectivity index (χ3n) is 2.19. The predicted octanol–water partition coefficient (Wildman–Crippen LogP) is 3.58. The second-order valence-corrected chi connectivity index (χ2v) is 5.32. The molecule has 2 aromatic rings. The molecule has 15 heavy (non-hydrogen) atoms. The van der Waals surface area contributed by atoms with Gasteiger partial charge >= 0.3 is 0 Å². The van der Waals surface area contributed by atoms with Crippen molar-refractivity contribution in [3.63, 3.8) is 0 Å². The van der Waals surface area contributed by atoms with Gasteiger partial charge in [-0.05, 0) is 29.7 Å². The Morgan fingerprint density at radius 3 is 3.20 bits per heavy atom. The number of nitrogens with zero attached hydrogens (tertiary/aromatic N) is 2. The van der Waals surface area contributed by atoms with Gasteiger partial charge in [0.25, 0.3) is 0 Å². The molecule has 0 aromatic carbocycles. The van der Waals surface area contributed by atoms with E-state index in [0.29, 0.717) is 0 Å². The van der Waals surface area contributed by atoms with Crippen molar-refractivity contribution in [1.82, 2.24) is 9.38 Å². The van der Waals surface area contributed by atoms with Crippen molar-refractivity contribution < 1.29 is 0 Å². The van der Waals surface area contributed by atoms with Gasteiger partial charge in [0.2, 0.25) is 0 Å². The molecule has 0 N–H and O–H groups in total. The maximum absolute atomic E-state index is 4.39. The smallest absolute Gasteiger partial charge is 0.0881 e. The van der Waals surface area contributed by atoms with Crippen molar-refractivity contribution in [2.45, 2.75) is 0 Å². The number of aromatic nitrogens is 2. The summed E-state index contributed by atoms with van der Waals surface area (Å²) < 4.78 is 2.08. The molecule has 2 nitrogen and oxygen atoms in total. The van der Waals surface area contributed by atoms with E-state index in [4.69, 9.17) is 0 Å². The third-order valence-corrected chi connectivity index (χ3v) is 4.18. The van der Waals surface area contributed by atoms with Crippen LogP contribution < -0.4 is 0 Å². The Bertz CT molecular complexity index is 554. The van der Waals surface area contributed by atoms with Crippen molar-refractivity contribution in [1.29, 1.82) is 0 Å². The van der Waals surface area contributed by atoms with E-state index in [0.717, 1.165) is 11.2 Å². The summed E-state index contributed by atoms with van der Waals surface area (Å²) in [4.78, 5) is 5.64. The minimum absolute atomic E-state index is 1.03. The van der Waals surface area contributed by atoms with E-state index in [2.05, 4.69) is 33.0 Å². The zero-order valence-electron chi connectivity index (χ0n) is 7.83. The van der Waals surface area contributed by atoms with Crippen LogP contribution in [0.4, 0.5) is 0 Å².